The van der Waals surface area contributed by atoms with Crippen LogP contribution in [0.25, 0.3) is 0 Å². The van der Waals surface area contributed by atoms with Crippen molar-refractivity contribution in [1.82, 2.24) is 0 Å². The molecule has 0 aliphatic rings. The van der Waals surface area contributed by atoms with Crippen LogP contribution >= 0.6 is 0 Å². The van der Waals surface area contributed by atoms with E-state index in [0.29, 0.717) is 5.56 Å². The molecule has 0 bridgehead atoms. The fraction of sp³-hybridized carbons (Fsp3) is 0.462. The van der Waals surface area contributed by atoms with E-state index in [1.165, 1.54) is 0 Å². The summed E-state index contributed by atoms with van der Waals surface area (Å²) < 4.78 is 26.2. The molecule has 1 aromatic rings. The minimum atomic E-state index is -1.21. The topological polar surface area (TPSA) is 63.3 Å². The SMILES string of the molecule is CC(C)C(CN)(Cc1cc(F)cc(F)c1)C(=O)O. The Labute approximate surface area is 105 Å². The molecule has 1 aromatic carbocycles. The fourth-order valence-corrected chi connectivity index (χ4v) is 2.00. The van der Waals surface area contributed by atoms with Gasteiger partial charge in [-0.05, 0) is 30.0 Å². The molecular formula is C13H17F2NO2. The Hall–Kier alpha value is -1.49. The maximum absolute atomic E-state index is 13.1. The average Bonchev–Trinajstić information content (AvgIpc) is 2.23. The summed E-state index contributed by atoms with van der Waals surface area (Å²) in [6.07, 6.45) is 0.00514. The van der Waals surface area contributed by atoms with E-state index in [1.807, 2.05) is 0 Å². The van der Waals surface area contributed by atoms with Crippen LogP contribution < -0.4 is 5.73 Å². The van der Waals surface area contributed by atoms with Crippen LogP contribution in [0.4, 0.5) is 8.78 Å². The predicted octanol–water partition coefficient (Wildman–Crippen LogP) is 2.19. The summed E-state index contributed by atoms with van der Waals surface area (Å²) in [6.45, 7) is 3.38. The summed E-state index contributed by atoms with van der Waals surface area (Å²) in [6, 6.07) is 3.03. The van der Waals surface area contributed by atoms with E-state index in [4.69, 9.17) is 5.73 Å². The van der Waals surface area contributed by atoms with E-state index in [1.54, 1.807) is 13.8 Å². The van der Waals surface area contributed by atoms with Crippen LogP contribution in [0, 0.1) is 23.0 Å². The van der Waals surface area contributed by atoms with Crippen molar-refractivity contribution < 1.29 is 18.7 Å². The van der Waals surface area contributed by atoms with Gasteiger partial charge in [0, 0.05) is 12.6 Å². The Kier molecular flexibility index (Phi) is 4.40. The van der Waals surface area contributed by atoms with Crippen molar-refractivity contribution in [3.63, 3.8) is 0 Å². The second kappa shape index (κ2) is 5.44. The lowest BCUT2D eigenvalue weighted by Crippen LogP contribution is -2.45. The van der Waals surface area contributed by atoms with Gasteiger partial charge in [0.05, 0.1) is 5.41 Å². The number of hydrogen-bond acceptors (Lipinski definition) is 2. The summed E-state index contributed by atoms with van der Waals surface area (Å²) in [5.41, 5.74) is 4.66. The van der Waals surface area contributed by atoms with E-state index >= 15 is 0 Å². The molecule has 3 nitrogen and oxygen atoms in total. The van der Waals surface area contributed by atoms with Gasteiger partial charge >= 0.3 is 5.97 Å². The average molecular weight is 257 g/mol. The number of nitrogens with two attached hydrogens (primary N) is 1. The molecule has 5 heteroatoms. The first kappa shape index (κ1) is 14.6. The maximum atomic E-state index is 13.1. The van der Waals surface area contributed by atoms with Crippen LogP contribution in [0.15, 0.2) is 18.2 Å². The van der Waals surface area contributed by atoms with Crippen molar-refractivity contribution in [2.45, 2.75) is 20.3 Å². The van der Waals surface area contributed by atoms with Gasteiger partial charge in [0.25, 0.3) is 0 Å². The van der Waals surface area contributed by atoms with Crippen molar-refractivity contribution in [3.05, 3.63) is 35.4 Å². The zero-order chi connectivity index (χ0) is 13.9. The van der Waals surface area contributed by atoms with Crippen molar-refractivity contribution in [2.24, 2.45) is 17.1 Å². The third-order valence-electron chi connectivity index (χ3n) is 3.34. The minimum Gasteiger partial charge on any atom is -0.481 e. The predicted molar refractivity (Wildman–Crippen MR) is 64.0 cm³/mol. The van der Waals surface area contributed by atoms with Gasteiger partial charge in [-0.2, -0.15) is 0 Å². The van der Waals surface area contributed by atoms with Crippen molar-refractivity contribution >= 4 is 5.97 Å². The van der Waals surface area contributed by atoms with Gasteiger partial charge in [0.15, 0.2) is 0 Å². The molecule has 1 rings (SSSR count). The normalized spacial score (nSPS) is 14.6. The molecule has 3 N–H and O–H groups in total. The molecule has 0 radical (unpaired) electrons. The molecule has 0 aliphatic carbocycles. The van der Waals surface area contributed by atoms with Gasteiger partial charge in [-0.15, -0.1) is 0 Å². The third kappa shape index (κ3) is 2.85. The maximum Gasteiger partial charge on any atom is 0.311 e. The summed E-state index contributed by atoms with van der Waals surface area (Å²) in [4.78, 5) is 11.4. The number of carboxylic acid groups (broad SMARTS) is 1. The lowest BCUT2D eigenvalue weighted by molar-refractivity contribution is -0.151. The lowest BCUT2D eigenvalue weighted by Gasteiger charge is -2.32. The number of hydrogen-bond donors (Lipinski definition) is 2. The highest BCUT2D eigenvalue weighted by molar-refractivity contribution is 5.75. The summed E-state index contributed by atoms with van der Waals surface area (Å²) in [7, 11) is 0. The first-order chi connectivity index (χ1) is 8.31. The zero-order valence-corrected chi connectivity index (χ0v) is 10.4. The third-order valence-corrected chi connectivity index (χ3v) is 3.34. The van der Waals surface area contributed by atoms with Gasteiger partial charge in [0.1, 0.15) is 11.6 Å². The number of rotatable bonds is 5. The molecule has 0 amide bonds. The van der Waals surface area contributed by atoms with Crippen LogP contribution in [0.5, 0.6) is 0 Å². The van der Waals surface area contributed by atoms with Crippen LogP contribution in [0.1, 0.15) is 19.4 Å². The van der Waals surface area contributed by atoms with E-state index < -0.39 is 23.0 Å². The van der Waals surface area contributed by atoms with E-state index in [0.717, 1.165) is 18.2 Å². The van der Waals surface area contributed by atoms with Crippen LogP contribution in [0.2, 0.25) is 0 Å². The number of aliphatic carboxylic acids is 1. The molecule has 0 saturated carbocycles. The van der Waals surface area contributed by atoms with E-state index in [9.17, 15) is 18.7 Å². The largest absolute Gasteiger partial charge is 0.481 e. The molecule has 0 saturated heterocycles. The van der Waals surface area contributed by atoms with Crippen molar-refractivity contribution in [3.8, 4) is 0 Å². The van der Waals surface area contributed by atoms with Crippen LogP contribution in [0.3, 0.4) is 0 Å². The quantitative estimate of drug-likeness (QED) is 0.850. The number of carbonyl (C=O) groups is 1. The highest BCUT2D eigenvalue weighted by atomic mass is 19.1. The molecule has 0 fully saturated rings. The zero-order valence-electron chi connectivity index (χ0n) is 10.4. The van der Waals surface area contributed by atoms with Crippen molar-refractivity contribution in [1.29, 1.82) is 0 Å². The number of carboxylic acids is 1. The number of halogens is 2. The molecule has 18 heavy (non-hydrogen) atoms. The summed E-state index contributed by atoms with van der Waals surface area (Å²) in [5.74, 6) is -2.73. The van der Waals surface area contributed by atoms with Gasteiger partial charge in [0.2, 0.25) is 0 Å². The van der Waals surface area contributed by atoms with E-state index in [-0.39, 0.29) is 18.9 Å². The van der Waals surface area contributed by atoms with Gasteiger partial charge in [-0.3, -0.25) is 4.79 Å². The van der Waals surface area contributed by atoms with Crippen molar-refractivity contribution in [2.75, 3.05) is 6.54 Å². The number of benzene rings is 1. The van der Waals surface area contributed by atoms with E-state index in [2.05, 4.69) is 0 Å². The molecule has 1 atom stereocenters. The van der Waals surface area contributed by atoms with Crippen LogP contribution in [-0.4, -0.2) is 17.6 Å². The molecule has 0 aliphatic heterocycles. The first-order valence-corrected chi connectivity index (χ1v) is 5.70. The summed E-state index contributed by atoms with van der Waals surface area (Å²) in [5, 5.41) is 9.33. The highest BCUT2D eigenvalue weighted by Gasteiger charge is 2.40. The van der Waals surface area contributed by atoms with Gasteiger partial charge in [-0.25, -0.2) is 8.78 Å². The highest BCUT2D eigenvalue weighted by Crippen LogP contribution is 2.31. The Balaban J connectivity index is 3.14. The molecule has 1 unspecified atom stereocenters. The molecule has 0 aromatic heterocycles. The Morgan fingerprint density at radius 1 is 1.33 bits per heavy atom. The van der Waals surface area contributed by atoms with Crippen LogP contribution in [-0.2, 0) is 11.2 Å². The Morgan fingerprint density at radius 2 is 1.83 bits per heavy atom. The molecular weight excluding hydrogens is 240 g/mol. The Morgan fingerprint density at radius 3 is 2.17 bits per heavy atom. The monoisotopic (exact) mass is 257 g/mol. The molecule has 0 heterocycles. The van der Waals surface area contributed by atoms with Gasteiger partial charge < -0.3 is 10.8 Å². The Bertz CT molecular complexity index is 428. The minimum absolute atomic E-state index is 0.00514. The lowest BCUT2D eigenvalue weighted by atomic mass is 9.72. The smallest absolute Gasteiger partial charge is 0.311 e. The molecule has 0 spiro atoms. The summed E-state index contributed by atoms with van der Waals surface area (Å²) >= 11 is 0. The second-order valence-electron chi connectivity index (χ2n) is 4.77. The first-order valence-electron chi connectivity index (χ1n) is 5.70. The second-order valence-corrected chi connectivity index (χ2v) is 4.77. The standard InChI is InChI=1S/C13H17F2NO2/c1-8(2)13(7-16,12(17)18)6-9-3-10(14)5-11(15)4-9/h3-5,8H,6-7,16H2,1-2H3,(H,17,18). The van der Waals surface area contributed by atoms with Gasteiger partial charge in [-0.1, -0.05) is 13.8 Å². The molecule has 100 valence electrons. The fourth-order valence-electron chi connectivity index (χ4n) is 2.00.